The number of nitrogens with zero attached hydrogens (tertiary/aromatic N) is 3. The first-order valence-corrected chi connectivity index (χ1v) is 6.99. The third kappa shape index (κ3) is 3.56. The quantitative estimate of drug-likeness (QED) is 0.807. The molecule has 1 atom stereocenters. The van der Waals surface area contributed by atoms with E-state index in [9.17, 15) is 0 Å². The van der Waals surface area contributed by atoms with E-state index in [1.807, 2.05) is 11.7 Å². The maximum absolute atomic E-state index is 6.01. The summed E-state index contributed by atoms with van der Waals surface area (Å²) in [5.41, 5.74) is 8.48. The number of rotatable bonds is 7. The largest absolute Gasteiger partial charge is 0.329 e. The fourth-order valence-corrected chi connectivity index (χ4v) is 2.52. The van der Waals surface area contributed by atoms with Crippen LogP contribution in [0.4, 0.5) is 0 Å². The first kappa shape index (κ1) is 15.2. The van der Waals surface area contributed by atoms with Gasteiger partial charge in [-0.1, -0.05) is 27.7 Å². The van der Waals surface area contributed by atoms with Gasteiger partial charge in [0.25, 0.3) is 0 Å². The van der Waals surface area contributed by atoms with Gasteiger partial charge in [-0.15, -0.1) is 0 Å². The van der Waals surface area contributed by atoms with Gasteiger partial charge in [0, 0.05) is 31.9 Å². The Morgan fingerprint density at radius 3 is 2.50 bits per heavy atom. The lowest BCUT2D eigenvalue weighted by atomic mass is 10.0. The first-order valence-electron chi connectivity index (χ1n) is 6.99. The third-order valence-electron chi connectivity index (χ3n) is 3.30. The molecule has 0 saturated heterocycles. The van der Waals surface area contributed by atoms with Gasteiger partial charge < -0.3 is 5.73 Å². The number of hydrogen-bond acceptors (Lipinski definition) is 3. The molecule has 1 rings (SSSR count). The van der Waals surface area contributed by atoms with E-state index in [4.69, 9.17) is 5.73 Å². The van der Waals surface area contributed by atoms with Crippen molar-refractivity contribution in [2.75, 3.05) is 19.6 Å². The second kappa shape index (κ2) is 6.90. The fraction of sp³-hybridized carbons (Fsp3) is 0.786. The summed E-state index contributed by atoms with van der Waals surface area (Å²) in [5.74, 6) is 0.653. The average molecular weight is 252 g/mol. The predicted octanol–water partition coefficient (Wildman–Crippen LogP) is 1.96. The Hall–Kier alpha value is -0.870. The zero-order valence-electron chi connectivity index (χ0n) is 12.5. The zero-order chi connectivity index (χ0) is 13.7. The lowest BCUT2D eigenvalue weighted by molar-refractivity contribution is 0.188. The van der Waals surface area contributed by atoms with Crippen molar-refractivity contribution in [1.29, 1.82) is 0 Å². The van der Waals surface area contributed by atoms with Crippen LogP contribution in [0.3, 0.4) is 0 Å². The van der Waals surface area contributed by atoms with Crippen molar-refractivity contribution < 1.29 is 0 Å². The van der Waals surface area contributed by atoms with Crippen LogP contribution in [0, 0.1) is 5.92 Å². The van der Waals surface area contributed by atoms with Crippen molar-refractivity contribution in [2.24, 2.45) is 18.7 Å². The van der Waals surface area contributed by atoms with Gasteiger partial charge in [0.05, 0.1) is 11.7 Å². The highest BCUT2D eigenvalue weighted by molar-refractivity contribution is 5.22. The maximum Gasteiger partial charge on any atom is 0.0670 e. The van der Waals surface area contributed by atoms with E-state index in [0.29, 0.717) is 18.5 Å². The summed E-state index contributed by atoms with van der Waals surface area (Å²) in [6, 6.07) is 0.293. The molecule has 0 aliphatic rings. The Kier molecular flexibility index (Phi) is 5.82. The van der Waals surface area contributed by atoms with Gasteiger partial charge in [-0.05, 0) is 18.9 Å². The minimum atomic E-state index is 0.293. The number of aromatic nitrogens is 2. The van der Waals surface area contributed by atoms with E-state index < -0.39 is 0 Å². The zero-order valence-corrected chi connectivity index (χ0v) is 12.5. The van der Waals surface area contributed by atoms with E-state index in [2.05, 4.69) is 43.9 Å². The smallest absolute Gasteiger partial charge is 0.0670 e. The molecule has 0 fully saturated rings. The summed E-state index contributed by atoms with van der Waals surface area (Å²) < 4.78 is 1.90. The first-order chi connectivity index (χ1) is 8.53. The van der Waals surface area contributed by atoms with E-state index in [-0.39, 0.29) is 0 Å². The normalized spacial score (nSPS) is 13.6. The Morgan fingerprint density at radius 2 is 2.06 bits per heavy atom. The van der Waals surface area contributed by atoms with E-state index in [1.165, 1.54) is 11.3 Å². The summed E-state index contributed by atoms with van der Waals surface area (Å²) in [5, 5.41) is 4.53. The monoisotopic (exact) mass is 252 g/mol. The van der Waals surface area contributed by atoms with Gasteiger partial charge in [0.1, 0.15) is 0 Å². The van der Waals surface area contributed by atoms with Crippen molar-refractivity contribution in [3.63, 3.8) is 0 Å². The van der Waals surface area contributed by atoms with Crippen molar-refractivity contribution in [3.8, 4) is 0 Å². The molecule has 2 N–H and O–H groups in total. The van der Waals surface area contributed by atoms with Crippen molar-refractivity contribution >= 4 is 0 Å². The summed E-state index contributed by atoms with van der Waals surface area (Å²) in [7, 11) is 1.98. The third-order valence-corrected chi connectivity index (χ3v) is 3.30. The highest BCUT2D eigenvalue weighted by Gasteiger charge is 2.22. The SMILES string of the molecule is CCc1nn(C)cc1C(CN)N(CC)CC(C)C. The molecule has 1 unspecified atom stereocenters. The topological polar surface area (TPSA) is 47.1 Å². The van der Waals surface area contributed by atoms with Gasteiger partial charge >= 0.3 is 0 Å². The molecule has 0 aromatic carbocycles. The molecule has 0 spiro atoms. The van der Waals surface area contributed by atoms with Crippen LogP contribution in [-0.2, 0) is 13.5 Å². The predicted molar refractivity (Wildman–Crippen MR) is 76.5 cm³/mol. The highest BCUT2D eigenvalue weighted by atomic mass is 15.3. The standard InChI is InChI=1S/C14H28N4/c1-6-13-12(10-17(5)16-13)14(8-15)18(7-2)9-11(3)4/h10-11,14H,6-9,15H2,1-5H3. The summed E-state index contributed by atoms with van der Waals surface area (Å²) in [6.07, 6.45) is 3.09. The molecule has 0 aliphatic heterocycles. The minimum Gasteiger partial charge on any atom is -0.329 e. The van der Waals surface area contributed by atoms with Crippen LogP contribution < -0.4 is 5.73 Å². The van der Waals surface area contributed by atoms with Crippen molar-refractivity contribution in [3.05, 3.63) is 17.5 Å². The van der Waals surface area contributed by atoms with E-state index in [0.717, 1.165) is 19.5 Å². The van der Waals surface area contributed by atoms with Crippen LogP contribution in [0.2, 0.25) is 0 Å². The average Bonchev–Trinajstić information content (AvgIpc) is 2.69. The summed E-state index contributed by atoms with van der Waals surface area (Å²) in [6.45, 7) is 11.6. The molecule has 0 radical (unpaired) electrons. The lowest BCUT2D eigenvalue weighted by Gasteiger charge is -2.31. The summed E-state index contributed by atoms with van der Waals surface area (Å²) in [4.78, 5) is 2.46. The highest BCUT2D eigenvalue weighted by Crippen LogP contribution is 2.23. The van der Waals surface area contributed by atoms with Crippen molar-refractivity contribution in [1.82, 2.24) is 14.7 Å². The Morgan fingerprint density at radius 1 is 1.39 bits per heavy atom. The van der Waals surface area contributed by atoms with Gasteiger partial charge in [-0.25, -0.2) is 0 Å². The Balaban J connectivity index is 2.98. The minimum absolute atomic E-state index is 0.293. The molecule has 4 nitrogen and oxygen atoms in total. The molecule has 18 heavy (non-hydrogen) atoms. The lowest BCUT2D eigenvalue weighted by Crippen LogP contribution is -2.36. The van der Waals surface area contributed by atoms with Crippen LogP contribution in [0.25, 0.3) is 0 Å². The molecule has 104 valence electrons. The van der Waals surface area contributed by atoms with Crippen LogP contribution in [0.15, 0.2) is 6.20 Å². The second-order valence-corrected chi connectivity index (χ2v) is 5.29. The van der Waals surface area contributed by atoms with Crippen molar-refractivity contribution in [2.45, 2.75) is 40.2 Å². The molecule has 4 heteroatoms. The molecular formula is C14H28N4. The molecule has 1 aromatic rings. The number of nitrogens with two attached hydrogens (primary N) is 1. The molecular weight excluding hydrogens is 224 g/mol. The van der Waals surface area contributed by atoms with Crippen LogP contribution in [-0.4, -0.2) is 34.3 Å². The molecule has 0 bridgehead atoms. The Bertz CT molecular complexity index is 357. The maximum atomic E-state index is 6.01. The molecule has 1 aromatic heterocycles. The Labute approximate surface area is 111 Å². The van der Waals surface area contributed by atoms with Gasteiger partial charge in [-0.2, -0.15) is 5.10 Å². The second-order valence-electron chi connectivity index (χ2n) is 5.29. The van der Waals surface area contributed by atoms with Crippen LogP contribution in [0.5, 0.6) is 0 Å². The van der Waals surface area contributed by atoms with Crippen LogP contribution in [0.1, 0.15) is 45.0 Å². The number of hydrogen-bond donors (Lipinski definition) is 1. The fourth-order valence-electron chi connectivity index (χ4n) is 2.52. The van der Waals surface area contributed by atoms with Gasteiger partial charge in [0.2, 0.25) is 0 Å². The molecule has 1 heterocycles. The molecule has 0 amide bonds. The van der Waals surface area contributed by atoms with Gasteiger partial charge in [0.15, 0.2) is 0 Å². The number of likely N-dealkylation sites (N-methyl/N-ethyl adjacent to an activating group) is 1. The molecule has 0 aliphatic carbocycles. The summed E-state index contributed by atoms with van der Waals surface area (Å²) >= 11 is 0. The van der Waals surface area contributed by atoms with Crippen LogP contribution >= 0.6 is 0 Å². The van der Waals surface area contributed by atoms with Gasteiger partial charge in [-0.3, -0.25) is 9.58 Å². The number of aryl methyl sites for hydroxylation is 2. The van der Waals surface area contributed by atoms with E-state index in [1.54, 1.807) is 0 Å². The molecule has 0 saturated carbocycles. The van der Waals surface area contributed by atoms with E-state index >= 15 is 0 Å².